The standard InChI is InChI=1S/C18H24N4O4S/c1-21-12-17(20-13-21)27(24,25)22-9-5-7-15(11-22)18(23)19-10-14-6-3-4-8-16(14)26-2/h3-4,6,8,12-13,15H,5,7,9-11H2,1-2H3,(H,19,23)/t15-/m1/s1. The van der Waals surface area contributed by atoms with Crippen molar-refractivity contribution in [3.63, 3.8) is 0 Å². The number of rotatable bonds is 6. The highest BCUT2D eigenvalue weighted by Gasteiger charge is 2.34. The first-order chi connectivity index (χ1) is 12.9. The average molecular weight is 392 g/mol. The molecule has 146 valence electrons. The van der Waals surface area contributed by atoms with E-state index in [1.54, 1.807) is 18.7 Å². The van der Waals surface area contributed by atoms with E-state index in [-0.39, 0.29) is 23.4 Å². The predicted octanol–water partition coefficient (Wildman–Crippen LogP) is 1.15. The lowest BCUT2D eigenvalue weighted by molar-refractivity contribution is -0.126. The Labute approximate surface area is 159 Å². The number of sulfonamides is 1. The second-order valence-corrected chi connectivity index (χ2v) is 8.49. The number of aromatic nitrogens is 2. The molecule has 2 heterocycles. The van der Waals surface area contributed by atoms with Crippen molar-refractivity contribution in [3.05, 3.63) is 42.4 Å². The van der Waals surface area contributed by atoms with Gasteiger partial charge < -0.3 is 14.6 Å². The molecular formula is C18H24N4O4S. The summed E-state index contributed by atoms with van der Waals surface area (Å²) in [5.41, 5.74) is 0.877. The van der Waals surface area contributed by atoms with Gasteiger partial charge in [0.1, 0.15) is 5.75 Å². The van der Waals surface area contributed by atoms with Gasteiger partial charge >= 0.3 is 0 Å². The molecule has 1 atom stereocenters. The molecule has 0 unspecified atom stereocenters. The van der Waals surface area contributed by atoms with Gasteiger partial charge in [-0.1, -0.05) is 18.2 Å². The van der Waals surface area contributed by atoms with Crippen LogP contribution < -0.4 is 10.1 Å². The Kier molecular flexibility index (Phi) is 5.81. The number of carbonyl (C=O) groups excluding carboxylic acids is 1. The largest absolute Gasteiger partial charge is 0.496 e. The first-order valence-corrected chi connectivity index (χ1v) is 10.2. The van der Waals surface area contributed by atoms with Crippen molar-refractivity contribution in [3.8, 4) is 5.75 Å². The van der Waals surface area contributed by atoms with E-state index >= 15 is 0 Å². The summed E-state index contributed by atoms with van der Waals surface area (Å²) in [6.07, 6.45) is 4.22. The number of piperidine rings is 1. The van der Waals surface area contributed by atoms with Gasteiger partial charge in [-0.2, -0.15) is 4.31 Å². The molecule has 0 radical (unpaired) electrons. The molecule has 0 spiro atoms. The molecule has 1 aromatic carbocycles. The number of ether oxygens (including phenoxy) is 1. The maximum absolute atomic E-state index is 12.7. The predicted molar refractivity (Wildman–Crippen MR) is 99.5 cm³/mol. The smallest absolute Gasteiger partial charge is 0.262 e. The monoisotopic (exact) mass is 392 g/mol. The quantitative estimate of drug-likeness (QED) is 0.796. The van der Waals surface area contributed by atoms with E-state index in [0.717, 1.165) is 5.56 Å². The third kappa shape index (κ3) is 4.30. The van der Waals surface area contributed by atoms with Gasteiger partial charge in [0.15, 0.2) is 5.03 Å². The Morgan fingerprint density at radius 2 is 2.15 bits per heavy atom. The van der Waals surface area contributed by atoms with Crippen LogP contribution in [0.4, 0.5) is 0 Å². The van der Waals surface area contributed by atoms with Crippen LogP contribution in [0.3, 0.4) is 0 Å². The van der Waals surface area contributed by atoms with Gasteiger partial charge in [-0.15, -0.1) is 0 Å². The number of hydrogen-bond donors (Lipinski definition) is 1. The number of para-hydroxylation sites is 1. The van der Waals surface area contributed by atoms with Gasteiger partial charge in [0.25, 0.3) is 10.0 Å². The molecule has 1 aliphatic rings. The molecule has 1 fully saturated rings. The van der Waals surface area contributed by atoms with Gasteiger partial charge in [0, 0.05) is 38.4 Å². The minimum absolute atomic E-state index is 0.0140. The van der Waals surface area contributed by atoms with Crippen LogP contribution in [0.5, 0.6) is 5.75 Å². The van der Waals surface area contributed by atoms with Crippen molar-refractivity contribution in [1.29, 1.82) is 0 Å². The average Bonchev–Trinajstić information content (AvgIpc) is 3.13. The van der Waals surface area contributed by atoms with E-state index in [4.69, 9.17) is 4.74 Å². The fourth-order valence-corrected chi connectivity index (χ4v) is 4.69. The van der Waals surface area contributed by atoms with Crippen LogP contribution in [0.15, 0.2) is 41.8 Å². The normalized spacial score (nSPS) is 18.2. The van der Waals surface area contributed by atoms with Crippen molar-refractivity contribution in [1.82, 2.24) is 19.2 Å². The number of methoxy groups -OCH3 is 1. The fourth-order valence-electron chi connectivity index (χ4n) is 3.20. The number of nitrogens with one attached hydrogen (secondary N) is 1. The van der Waals surface area contributed by atoms with Crippen LogP contribution in [0.2, 0.25) is 0 Å². The summed E-state index contributed by atoms with van der Waals surface area (Å²) in [7, 11) is -0.380. The van der Waals surface area contributed by atoms with Crippen LogP contribution >= 0.6 is 0 Å². The van der Waals surface area contributed by atoms with E-state index in [0.29, 0.717) is 31.7 Å². The minimum atomic E-state index is -3.68. The highest BCUT2D eigenvalue weighted by Crippen LogP contribution is 2.23. The van der Waals surface area contributed by atoms with Gasteiger partial charge in [-0.25, -0.2) is 13.4 Å². The third-order valence-corrected chi connectivity index (χ3v) is 6.44. The molecule has 1 saturated heterocycles. The number of aryl methyl sites for hydroxylation is 1. The molecule has 1 aromatic heterocycles. The van der Waals surface area contributed by atoms with Gasteiger partial charge in [0.2, 0.25) is 5.91 Å². The summed E-state index contributed by atoms with van der Waals surface area (Å²) < 4.78 is 33.7. The molecule has 8 nitrogen and oxygen atoms in total. The Morgan fingerprint density at radius 3 is 2.85 bits per heavy atom. The second kappa shape index (κ2) is 8.10. The molecule has 3 rings (SSSR count). The zero-order chi connectivity index (χ0) is 19.4. The number of hydrogen-bond acceptors (Lipinski definition) is 5. The summed E-state index contributed by atoms with van der Waals surface area (Å²) >= 11 is 0. The molecule has 9 heteroatoms. The highest BCUT2D eigenvalue weighted by molar-refractivity contribution is 7.89. The molecule has 0 bridgehead atoms. The third-order valence-electron chi connectivity index (χ3n) is 4.69. The van der Waals surface area contributed by atoms with Gasteiger partial charge in [0.05, 0.1) is 19.4 Å². The summed E-state index contributed by atoms with van der Waals surface area (Å²) in [5.74, 6) is 0.176. The fraction of sp³-hybridized carbons (Fsp3) is 0.444. The highest BCUT2D eigenvalue weighted by atomic mass is 32.2. The van der Waals surface area contributed by atoms with Crippen LogP contribution in [-0.2, 0) is 28.4 Å². The summed E-state index contributed by atoms with van der Waals surface area (Å²) in [6.45, 7) is 0.901. The molecular weight excluding hydrogens is 368 g/mol. The first-order valence-electron chi connectivity index (χ1n) is 8.79. The van der Waals surface area contributed by atoms with Crippen molar-refractivity contribution < 1.29 is 17.9 Å². The molecule has 1 amide bonds. The van der Waals surface area contributed by atoms with E-state index in [1.807, 2.05) is 24.3 Å². The minimum Gasteiger partial charge on any atom is -0.496 e. The maximum Gasteiger partial charge on any atom is 0.262 e. The molecule has 1 aliphatic heterocycles. The Bertz CT molecular complexity index is 910. The van der Waals surface area contributed by atoms with Crippen LogP contribution in [0.25, 0.3) is 0 Å². The summed E-state index contributed by atoms with van der Waals surface area (Å²) in [6, 6.07) is 7.47. The SMILES string of the molecule is COc1ccccc1CNC(=O)[C@@H]1CCCN(S(=O)(=O)c2cn(C)cn2)C1. The van der Waals surface area contributed by atoms with E-state index in [1.165, 1.54) is 16.8 Å². The Hall–Kier alpha value is -2.39. The van der Waals surface area contributed by atoms with E-state index in [9.17, 15) is 13.2 Å². The zero-order valence-electron chi connectivity index (χ0n) is 15.5. The lowest BCUT2D eigenvalue weighted by Crippen LogP contribution is -2.45. The van der Waals surface area contributed by atoms with Crippen molar-refractivity contribution in [2.75, 3.05) is 20.2 Å². The van der Waals surface area contributed by atoms with Crippen molar-refractivity contribution in [2.24, 2.45) is 13.0 Å². The Balaban J connectivity index is 1.64. The van der Waals surface area contributed by atoms with Crippen LogP contribution in [-0.4, -0.2) is 48.4 Å². The van der Waals surface area contributed by atoms with Crippen LogP contribution in [0.1, 0.15) is 18.4 Å². The molecule has 2 aromatic rings. The van der Waals surface area contributed by atoms with Crippen molar-refractivity contribution in [2.45, 2.75) is 24.4 Å². The van der Waals surface area contributed by atoms with Crippen molar-refractivity contribution >= 4 is 15.9 Å². The summed E-state index contributed by atoms with van der Waals surface area (Å²) in [4.78, 5) is 16.5. The molecule has 0 aliphatic carbocycles. The molecule has 0 saturated carbocycles. The van der Waals surface area contributed by atoms with E-state index in [2.05, 4.69) is 10.3 Å². The van der Waals surface area contributed by atoms with E-state index < -0.39 is 10.0 Å². The first kappa shape index (κ1) is 19.4. The van der Waals surface area contributed by atoms with Gasteiger partial charge in [-0.3, -0.25) is 4.79 Å². The number of carbonyl (C=O) groups is 1. The lowest BCUT2D eigenvalue weighted by atomic mass is 9.98. The molecule has 1 N–H and O–H groups in total. The van der Waals surface area contributed by atoms with Gasteiger partial charge in [-0.05, 0) is 18.9 Å². The summed E-state index contributed by atoms with van der Waals surface area (Å²) in [5, 5.41) is 2.91. The zero-order valence-corrected chi connectivity index (χ0v) is 16.3. The lowest BCUT2D eigenvalue weighted by Gasteiger charge is -2.30. The topological polar surface area (TPSA) is 93.5 Å². The molecule has 27 heavy (non-hydrogen) atoms. The number of amides is 1. The number of imidazole rings is 1. The second-order valence-electron chi connectivity index (χ2n) is 6.61. The number of nitrogens with zero attached hydrogens (tertiary/aromatic N) is 3. The number of benzene rings is 1. The van der Waals surface area contributed by atoms with Crippen LogP contribution in [0, 0.1) is 5.92 Å². The Morgan fingerprint density at radius 1 is 1.37 bits per heavy atom. The maximum atomic E-state index is 12.7.